The van der Waals surface area contributed by atoms with Crippen LogP contribution in [0.5, 0.6) is 0 Å². The molecule has 1 aliphatic carbocycles. The van der Waals surface area contributed by atoms with Gasteiger partial charge in [-0.15, -0.1) is 0 Å². The van der Waals surface area contributed by atoms with E-state index in [2.05, 4.69) is 4.90 Å². The summed E-state index contributed by atoms with van der Waals surface area (Å²) in [6.45, 7) is 9.59. The zero-order valence-electron chi connectivity index (χ0n) is 17.2. The van der Waals surface area contributed by atoms with Gasteiger partial charge < -0.3 is 9.53 Å². The van der Waals surface area contributed by atoms with E-state index in [1.807, 2.05) is 47.7 Å². The summed E-state index contributed by atoms with van der Waals surface area (Å²) in [4.78, 5) is 26.5. The number of benzene rings is 1. The van der Waals surface area contributed by atoms with Crippen LogP contribution in [0.4, 0.5) is 4.39 Å². The molecule has 1 unspecified atom stereocenters. The van der Waals surface area contributed by atoms with E-state index in [0.29, 0.717) is 6.42 Å². The Morgan fingerprint density at radius 2 is 1.96 bits per heavy atom. The van der Waals surface area contributed by atoms with Crippen molar-refractivity contribution in [3.63, 3.8) is 0 Å². The second kappa shape index (κ2) is 8.51. The fraction of sp³-hybridized carbons (Fsp3) is 0.636. The molecule has 1 fully saturated rings. The molecule has 2 rings (SSSR count). The van der Waals surface area contributed by atoms with Crippen LogP contribution in [-0.2, 0) is 14.3 Å². The summed E-state index contributed by atoms with van der Waals surface area (Å²) in [5.41, 5.74) is 0.303. The fourth-order valence-corrected chi connectivity index (χ4v) is 4.14. The van der Waals surface area contributed by atoms with Gasteiger partial charge in [0, 0.05) is 12.0 Å². The molecule has 1 saturated carbocycles. The average molecular weight is 378 g/mol. The molecule has 0 aromatic heterocycles. The van der Waals surface area contributed by atoms with Crippen molar-refractivity contribution < 1.29 is 18.7 Å². The molecule has 4 atom stereocenters. The van der Waals surface area contributed by atoms with E-state index >= 15 is 0 Å². The number of aldehydes is 1. The first-order valence-corrected chi connectivity index (χ1v) is 9.69. The number of hydrogen-bond acceptors (Lipinski definition) is 4. The highest BCUT2D eigenvalue weighted by Gasteiger charge is 2.41. The molecule has 1 aromatic carbocycles. The molecule has 1 aliphatic rings. The summed E-state index contributed by atoms with van der Waals surface area (Å²) >= 11 is 0. The summed E-state index contributed by atoms with van der Waals surface area (Å²) in [5.74, 6) is -0.657. The van der Waals surface area contributed by atoms with Crippen LogP contribution in [0, 0.1) is 17.7 Å². The molecule has 0 amide bonds. The third-order valence-corrected chi connectivity index (χ3v) is 5.33. The van der Waals surface area contributed by atoms with Gasteiger partial charge in [-0.3, -0.25) is 9.69 Å². The molecule has 0 saturated heterocycles. The van der Waals surface area contributed by atoms with Crippen LogP contribution in [0.2, 0.25) is 0 Å². The van der Waals surface area contributed by atoms with Gasteiger partial charge in [-0.05, 0) is 70.2 Å². The largest absolute Gasteiger partial charge is 0.459 e. The summed E-state index contributed by atoms with van der Waals surface area (Å²) in [6, 6.07) is 6.16. The summed E-state index contributed by atoms with van der Waals surface area (Å²) in [7, 11) is 1.93. The van der Waals surface area contributed by atoms with Gasteiger partial charge in [0.2, 0.25) is 0 Å². The van der Waals surface area contributed by atoms with Crippen molar-refractivity contribution >= 4 is 12.3 Å². The molecule has 27 heavy (non-hydrogen) atoms. The van der Waals surface area contributed by atoms with E-state index in [1.54, 1.807) is 6.07 Å². The number of ether oxygens (including phenoxy) is 1. The zero-order chi connectivity index (χ0) is 20.4. The number of halogens is 1. The molecule has 0 N–H and O–H groups in total. The highest BCUT2D eigenvalue weighted by molar-refractivity contribution is 5.76. The predicted molar refractivity (Wildman–Crippen MR) is 104 cm³/mol. The van der Waals surface area contributed by atoms with Gasteiger partial charge >= 0.3 is 5.97 Å². The van der Waals surface area contributed by atoms with Crippen LogP contribution in [-0.4, -0.2) is 41.9 Å². The predicted octanol–water partition coefficient (Wildman–Crippen LogP) is 4.18. The molecule has 0 bridgehead atoms. The number of rotatable bonds is 6. The van der Waals surface area contributed by atoms with Gasteiger partial charge in [0.15, 0.2) is 0 Å². The van der Waals surface area contributed by atoms with Crippen molar-refractivity contribution in [3.05, 3.63) is 35.6 Å². The monoisotopic (exact) mass is 377 g/mol. The average Bonchev–Trinajstić information content (AvgIpc) is 2.97. The normalized spacial score (nSPS) is 24.3. The van der Waals surface area contributed by atoms with E-state index in [-0.39, 0.29) is 41.6 Å². The van der Waals surface area contributed by atoms with Gasteiger partial charge in [-0.2, -0.15) is 0 Å². The standard InChI is InChI=1S/C22H32FNO3/c1-14(2)20(21(26)27-22(3,4)5)24(6)18-11-16(13-25)19(12-18)15-8-7-9-17(23)10-15/h7-10,13-14,16,18-20H,11-12H2,1-6H3/t16-,18?,19-,20-/m1/s1. The van der Waals surface area contributed by atoms with Gasteiger partial charge in [-0.1, -0.05) is 26.0 Å². The lowest BCUT2D eigenvalue weighted by Gasteiger charge is -2.35. The SMILES string of the molecule is CC(C)[C@H](C(=O)OC(C)(C)C)N(C)C1C[C@H](c2cccc(F)c2)[C@@H](C=O)C1. The van der Waals surface area contributed by atoms with Gasteiger partial charge in [-0.25, -0.2) is 4.39 Å². The lowest BCUT2D eigenvalue weighted by Crippen LogP contribution is -2.49. The maximum absolute atomic E-state index is 13.6. The first-order chi connectivity index (χ1) is 12.5. The van der Waals surface area contributed by atoms with Crippen LogP contribution < -0.4 is 0 Å². The Labute approximate surface area is 162 Å². The third-order valence-electron chi connectivity index (χ3n) is 5.33. The quantitative estimate of drug-likeness (QED) is 0.551. The van der Waals surface area contributed by atoms with E-state index in [4.69, 9.17) is 4.74 Å². The van der Waals surface area contributed by atoms with Crippen molar-refractivity contribution in [2.45, 2.75) is 71.1 Å². The third kappa shape index (κ3) is 5.38. The fourth-order valence-electron chi connectivity index (χ4n) is 4.14. The molecule has 150 valence electrons. The molecule has 4 nitrogen and oxygen atoms in total. The Balaban J connectivity index is 2.20. The highest BCUT2D eigenvalue weighted by Crippen LogP contribution is 2.41. The minimum Gasteiger partial charge on any atom is -0.459 e. The Kier molecular flexibility index (Phi) is 6.79. The van der Waals surface area contributed by atoms with Gasteiger partial charge in [0.25, 0.3) is 0 Å². The number of esters is 1. The lowest BCUT2D eigenvalue weighted by molar-refractivity contribution is -0.163. The molecular formula is C22H32FNO3. The maximum Gasteiger partial charge on any atom is 0.324 e. The second-order valence-electron chi connectivity index (χ2n) is 8.97. The molecule has 0 radical (unpaired) electrons. The Morgan fingerprint density at radius 3 is 2.48 bits per heavy atom. The minimum absolute atomic E-state index is 0.0305. The lowest BCUT2D eigenvalue weighted by atomic mass is 9.90. The van der Waals surface area contributed by atoms with Crippen LogP contribution in [0.25, 0.3) is 0 Å². The van der Waals surface area contributed by atoms with Crippen LogP contribution in [0.15, 0.2) is 24.3 Å². The van der Waals surface area contributed by atoms with E-state index in [1.165, 1.54) is 12.1 Å². The number of nitrogens with zero attached hydrogens (tertiary/aromatic N) is 1. The van der Waals surface area contributed by atoms with Gasteiger partial charge in [0.05, 0.1) is 0 Å². The van der Waals surface area contributed by atoms with Crippen molar-refractivity contribution in [1.29, 1.82) is 0 Å². The van der Waals surface area contributed by atoms with Crippen molar-refractivity contribution in [1.82, 2.24) is 4.90 Å². The van der Waals surface area contributed by atoms with Crippen molar-refractivity contribution in [2.75, 3.05) is 7.05 Å². The topological polar surface area (TPSA) is 46.6 Å². The van der Waals surface area contributed by atoms with Crippen LogP contribution >= 0.6 is 0 Å². The summed E-state index contributed by atoms with van der Waals surface area (Å²) in [5, 5.41) is 0. The number of carbonyl (C=O) groups excluding carboxylic acids is 2. The summed E-state index contributed by atoms with van der Waals surface area (Å²) < 4.78 is 19.3. The van der Waals surface area contributed by atoms with E-state index in [9.17, 15) is 14.0 Å². The van der Waals surface area contributed by atoms with Crippen molar-refractivity contribution in [2.24, 2.45) is 11.8 Å². The smallest absolute Gasteiger partial charge is 0.324 e. The van der Waals surface area contributed by atoms with Crippen LogP contribution in [0.1, 0.15) is 58.9 Å². The molecule has 0 heterocycles. The number of hydrogen-bond donors (Lipinski definition) is 0. The second-order valence-corrected chi connectivity index (χ2v) is 8.97. The molecule has 5 heteroatoms. The van der Waals surface area contributed by atoms with E-state index < -0.39 is 5.60 Å². The molecular weight excluding hydrogens is 345 g/mol. The molecule has 1 aromatic rings. The van der Waals surface area contributed by atoms with E-state index in [0.717, 1.165) is 18.3 Å². The number of likely N-dealkylation sites (N-methyl/N-ethyl adjacent to an activating group) is 1. The Bertz CT molecular complexity index is 668. The van der Waals surface area contributed by atoms with Crippen LogP contribution in [0.3, 0.4) is 0 Å². The first kappa shape index (κ1) is 21.5. The zero-order valence-corrected chi connectivity index (χ0v) is 17.2. The highest BCUT2D eigenvalue weighted by atomic mass is 19.1. The summed E-state index contributed by atoms with van der Waals surface area (Å²) in [6.07, 6.45) is 2.35. The number of carbonyl (C=O) groups is 2. The van der Waals surface area contributed by atoms with Gasteiger partial charge in [0.1, 0.15) is 23.7 Å². The first-order valence-electron chi connectivity index (χ1n) is 9.69. The molecule has 0 aliphatic heterocycles. The Morgan fingerprint density at radius 1 is 1.30 bits per heavy atom. The maximum atomic E-state index is 13.6. The minimum atomic E-state index is -0.545. The molecule has 0 spiro atoms. The Hall–Kier alpha value is -1.75. The van der Waals surface area contributed by atoms with Crippen molar-refractivity contribution in [3.8, 4) is 0 Å².